The van der Waals surface area contributed by atoms with Crippen molar-refractivity contribution in [1.29, 1.82) is 0 Å². The van der Waals surface area contributed by atoms with Crippen molar-refractivity contribution in [3.63, 3.8) is 0 Å². The number of aryl methyl sites for hydroxylation is 2. The summed E-state index contributed by atoms with van der Waals surface area (Å²) in [5.41, 5.74) is 8.55. The fraction of sp³-hybridized carbons (Fsp3) is 0.385. The van der Waals surface area contributed by atoms with E-state index in [0.29, 0.717) is 6.42 Å². The first-order chi connectivity index (χ1) is 8.61. The number of nitrogens with two attached hydrogens (primary N) is 1. The first-order valence-corrected chi connectivity index (χ1v) is 6.79. The molecule has 96 valence electrons. The van der Waals surface area contributed by atoms with E-state index in [1.807, 2.05) is 17.7 Å². The second-order valence-corrected chi connectivity index (χ2v) is 5.17. The number of rotatable bonds is 4. The van der Waals surface area contributed by atoms with E-state index in [2.05, 4.69) is 45.1 Å². The minimum Gasteiger partial charge on any atom is -0.324 e. The van der Waals surface area contributed by atoms with Gasteiger partial charge in [0.25, 0.3) is 0 Å². The van der Waals surface area contributed by atoms with Crippen molar-refractivity contribution in [1.82, 2.24) is 14.8 Å². The molecule has 2 rings (SSSR count). The Kier molecular flexibility index (Phi) is 4.14. The third kappa shape index (κ3) is 2.79. The van der Waals surface area contributed by atoms with Gasteiger partial charge in [-0.3, -0.25) is 4.68 Å². The van der Waals surface area contributed by atoms with Crippen LogP contribution >= 0.6 is 15.9 Å². The molecule has 1 aromatic heterocycles. The quantitative estimate of drug-likeness (QED) is 0.944. The molecule has 2 aromatic rings. The molecule has 0 saturated carbocycles. The third-order valence-electron chi connectivity index (χ3n) is 3.01. The van der Waals surface area contributed by atoms with Crippen LogP contribution in [0.3, 0.4) is 0 Å². The van der Waals surface area contributed by atoms with Crippen molar-refractivity contribution >= 4 is 15.9 Å². The molecule has 0 radical (unpaired) electrons. The lowest BCUT2D eigenvalue weighted by molar-refractivity contribution is 0.581. The summed E-state index contributed by atoms with van der Waals surface area (Å²) in [5.74, 6) is 0.936. The highest BCUT2D eigenvalue weighted by molar-refractivity contribution is 9.10. The Hall–Kier alpha value is -1.20. The Morgan fingerprint density at radius 2 is 2.22 bits per heavy atom. The molecule has 2 N–H and O–H groups in total. The van der Waals surface area contributed by atoms with Gasteiger partial charge in [0.2, 0.25) is 0 Å². The lowest BCUT2D eigenvalue weighted by Crippen LogP contribution is -2.17. The molecule has 0 spiro atoms. The van der Waals surface area contributed by atoms with Crippen molar-refractivity contribution in [2.24, 2.45) is 5.73 Å². The van der Waals surface area contributed by atoms with Crippen molar-refractivity contribution in [2.75, 3.05) is 0 Å². The summed E-state index contributed by atoms with van der Waals surface area (Å²) in [6.45, 7) is 4.93. The number of benzene rings is 1. The highest BCUT2D eigenvalue weighted by Crippen LogP contribution is 2.21. The van der Waals surface area contributed by atoms with Crippen LogP contribution in [0, 0.1) is 6.92 Å². The molecule has 1 heterocycles. The van der Waals surface area contributed by atoms with E-state index < -0.39 is 0 Å². The van der Waals surface area contributed by atoms with Gasteiger partial charge in [-0.25, -0.2) is 4.98 Å². The topological polar surface area (TPSA) is 56.7 Å². The van der Waals surface area contributed by atoms with Gasteiger partial charge in [-0.15, -0.1) is 0 Å². The van der Waals surface area contributed by atoms with Crippen molar-refractivity contribution < 1.29 is 0 Å². The molecule has 0 bridgehead atoms. The summed E-state index contributed by atoms with van der Waals surface area (Å²) in [4.78, 5) is 4.26. The molecular weight excluding hydrogens is 292 g/mol. The van der Waals surface area contributed by atoms with Crippen LogP contribution in [0.25, 0.3) is 0 Å². The predicted molar refractivity (Wildman–Crippen MR) is 75.2 cm³/mol. The number of aromatic nitrogens is 3. The standard InChI is InChI=1S/C13H17BrN4/c1-3-18-13(16-8-17-18)7-12(15)10-4-5-11(14)9(2)6-10/h4-6,8,12H,3,7,15H2,1-2H3. The SMILES string of the molecule is CCn1ncnc1CC(N)c1ccc(Br)c(C)c1. The Morgan fingerprint density at radius 1 is 1.44 bits per heavy atom. The van der Waals surface area contributed by atoms with Gasteiger partial charge in [0.15, 0.2) is 0 Å². The maximum Gasteiger partial charge on any atom is 0.138 e. The summed E-state index contributed by atoms with van der Waals surface area (Å²) in [6.07, 6.45) is 2.29. The molecule has 0 aliphatic heterocycles. The molecule has 0 aliphatic carbocycles. The van der Waals surface area contributed by atoms with Crippen LogP contribution in [-0.2, 0) is 13.0 Å². The van der Waals surface area contributed by atoms with Gasteiger partial charge in [-0.2, -0.15) is 5.10 Å². The molecule has 0 fully saturated rings. The van der Waals surface area contributed by atoms with E-state index in [1.54, 1.807) is 6.33 Å². The maximum atomic E-state index is 6.23. The Morgan fingerprint density at radius 3 is 2.89 bits per heavy atom. The zero-order chi connectivity index (χ0) is 13.1. The Bertz CT molecular complexity index is 536. The van der Waals surface area contributed by atoms with E-state index in [1.165, 1.54) is 5.56 Å². The highest BCUT2D eigenvalue weighted by Gasteiger charge is 2.12. The minimum absolute atomic E-state index is 0.0497. The van der Waals surface area contributed by atoms with Gasteiger partial charge in [-0.05, 0) is 31.0 Å². The summed E-state index contributed by atoms with van der Waals surface area (Å²) < 4.78 is 2.99. The average Bonchev–Trinajstić information content (AvgIpc) is 2.79. The van der Waals surface area contributed by atoms with E-state index in [4.69, 9.17) is 5.73 Å². The second kappa shape index (κ2) is 5.63. The van der Waals surface area contributed by atoms with E-state index >= 15 is 0 Å². The lowest BCUT2D eigenvalue weighted by Gasteiger charge is -2.13. The summed E-state index contributed by atoms with van der Waals surface area (Å²) in [6, 6.07) is 6.15. The van der Waals surface area contributed by atoms with Crippen molar-refractivity contribution in [3.05, 3.63) is 46.0 Å². The zero-order valence-corrected chi connectivity index (χ0v) is 12.2. The van der Waals surface area contributed by atoms with Gasteiger partial charge in [0.1, 0.15) is 12.2 Å². The smallest absolute Gasteiger partial charge is 0.138 e. The highest BCUT2D eigenvalue weighted by atomic mass is 79.9. The van der Waals surface area contributed by atoms with Crippen LogP contribution in [0.5, 0.6) is 0 Å². The zero-order valence-electron chi connectivity index (χ0n) is 10.6. The van der Waals surface area contributed by atoms with Crippen molar-refractivity contribution in [2.45, 2.75) is 32.9 Å². The Labute approximate surface area is 115 Å². The van der Waals surface area contributed by atoms with Gasteiger partial charge in [-0.1, -0.05) is 28.1 Å². The summed E-state index contributed by atoms with van der Waals surface area (Å²) >= 11 is 3.49. The largest absolute Gasteiger partial charge is 0.324 e. The maximum absolute atomic E-state index is 6.23. The third-order valence-corrected chi connectivity index (χ3v) is 3.90. The van der Waals surface area contributed by atoms with Crippen LogP contribution in [0.2, 0.25) is 0 Å². The van der Waals surface area contributed by atoms with E-state index in [9.17, 15) is 0 Å². The number of halogens is 1. The molecule has 0 aliphatic rings. The first-order valence-electron chi connectivity index (χ1n) is 6.00. The summed E-state index contributed by atoms with van der Waals surface area (Å²) in [5, 5.41) is 4.16. The van der Waals surface area contributed by atoms with Crippen molar-refractivity contribution in [3.8, 4) is 0 Å². The monoisotopic (exact) mass is 308 g/mol. The molecule has 0 amide bonds. The number of hydrogen-bond acceptors (Lipinski definition) is 3. The molecular formula is C13H17BrN4. The van der Waals surface area contributed by atoms with Crippen LogP contribution in [0.4, 0.5) is 0 Å². The number of hydrogen-bond donors (Lipinski definition) is 1. The summed E-state index contributed by atoms with van der Waals surface area (Å²) in [7, 11) is 0. The molecule has 4 nitrogen and oxygen atoms in total. The molecule has 5 heteroatoms. The molecule has 1 atom stereocenters. The fourth-order valence-electron chi connectivity index (χ4n) is 1.92. The second-order valence-electron chi connectivity index (χ2n) is 4.31. The molecule has 18 heavy (non-hydrogen) atoms. The van der Waals surface area contributed by atoms with Gasteiger partial charge in [0, 0.05) is 23.5 Å². The van der Waals surface area contributed by atoms with E-state index in [-0.39, 0.29) is 6.04 Å². The van der Waals surface area contributed by atoms with Crippen LogP contribution in [0.15, 0.2) is 29.0 Å². The van der Waals surface area contributed by atoms with E-state index in [0.717, 1.165) is 22.4 Å². The van der Waals surface area contributed by atoms with Gasteiger partial charge < -0.3 is 5.73 Å². The normalized spacial score (nSPS) is 12.7. The van der Waals surface area contributed by atoms with Gasteiger partial charge >= 0.3 is 0 Å². The predicted octanol–water partition coefficient (Wildman–Crippen LogP) is 2.61. The lowest BCUT2D eigenvalue weighted by atomic mass is 10.0. The van der Waals surface area contributed by atoms with Crippen LogP contribution in [0.1, 0.15) is 29.9 Å². The fourth-order valence-corrected chi connectivity index (χ4v) is 2.17. The van der Waals surface area contributed by atoms with Gasteiger partial charge in [0.05, 0.1) is 0 Å². The molecule has 1 aromatic carbocycles. The Balaban J connectivity index is 2.16. The number of nitrogens with zero attached hydrogens (tertiary/aromatic N) is 3. The van der Waals surface area contributed by atoms with Crippen LogP contribution in [-0.4, -0.2) is 14.8 Å². The minimum atomic E-state index is -0.0497. The molecule has 0 saturated heterocycles. The molecule has 1 unspecified atom stereocenters. The first kappa shape index (κ1) is 13.2. The van der Waals surface area contributed by atoms with Crippen LogP contribution < -0.4 is 5.73 Å². The average molecular weight is 309 g/mol.